The number of benzene rings is 1. The number of rotatable bonds is 2. The van der Waals surface area contributed by atoms with E-state index >= 15 is 0 Å². The molecule has 1 amide bonds. The zero-order chi connectivity index (χ0) is 14.6. The smallest absolute Gasteiger partial charge is 0.410 e. The van der Waals surface area contributed by atoms with Crippen LogP contribution in [0.4, 0.5) is 10.5 Å². The van der Waals surface area contributed by atoms with Crippen molar-refractivity contribution in [1.29, 1.82) is 5.26 Å². The summed E-state index contributed by atoms with van der Waals surface area (Å²) in [4.78, 5) is 13.3. The highest BCUT2D eigenvalue weighted by atomic mass is 16.6. The molecule has 5 heteroatoms. The second-order valence-electron chi connectivity index (χ2n) is 5.36. The first-order chi connectivity index (χ1) is 8.73. The van der Waals surface area contributed by atoms with E-state index in [4.69, 9.17) is 15.7 Å². The maximum absolute atomic E-state index is 11.8. The van der Waals surface area contributed by atoms with E-state index in [-0.39, 0.29) is 6.54 Å². The quantitative estimate of drug-likeness (QED) is 0.829. The molecule has 0 aromatic heterocycles. The van der Waals surface area contributed by atoms with Crippen molar-refractivity contribution < 1.29 is 9.53 Å². The lowest BCUT2D eigenvalue weighted by molar-refractivity contribution is 0.0285. The van der Waals surface area contributed by atoms with Gasteiger partial charge in [-0.3, -0.25) is 0 Å². The largest absolute Gasteiger partial charge is 0.444 e. The van der Waals surface area contributed by atoms with Gasteiger partial charge in [-0.1, -0.05) is 0 Å². The summed E-state index contributed by atoms with van der Waals surface area (Å²) in [5.74, 6) is 0. The number of anilines is 1. The predicted molar refractivity (Wildman–Crippen MR) is 73.3 cm³/mol. The maximum Gasteiger partial charge on any atom is 0.410 e. The number of hydrogen-bond donors (Lipinski definition) is 1. The van der Waals surface area contributed by atoms with E-state index in [0.29, 0.717) is 16.8 Å². The Hall–Kier alpha value is -2.22. The van der Waals surface area contributed by atoms with Gasteiger partial charge in [0.1, 0.15) is 5.60 Å². The molecule has 0 heterocycles. The Labute approximate surface area is 113 Å². The molecule has 0 spiro atoms. The molecule has 0 aliphatic rings. The standard InChI is InChI=1S/C14H19N3O2/c1-14(2,3)19-13(18)17(4)9-11-7-12(16)6-5-10(11)8-15/h5-7H,9,16H2,1-4H3. The van der Waals surface area contributed by atoms with Crippen LogP contribution in [0.3, 0.4) is 0 Å². The number of amides is 1. The van der Waals surface area contributed by atoms with E-state index in [2.05, 4.69) is 6.07 Å². The molecule has 0 unspecified atom stereocenters. The molecule has 1 aromatic carbocycles. The molecule has 102 valence electrons. The average molecular weight is 261 g/mol. The van der Waals surface area contributed by atoms with Crippen molar-refractivity contribution in [2.45, 2.75) is 32.9 Å². The van der Waals surface area contributed by atoms with Crippen LogP contribution in [-0.4, -0.2) is 23.6 Å². The van der Waals surface area contributed by atoms with Gasteiger partial charge in [0.15, 0.2) is 0 Å². The second kappa shape index (κ2) is 5.61. The first-order valence-corrected chi connectivity index (χ1v) is 5.95. The lowest BCUT2D eigenvalue weighted by Crippen LogP contribution is -2.34. The van der Waals surface area contributed by atoms with Crippen molar-refractivity contribution in [1.82, 2.24) is 4.90 Å². The lowest BCUT2D eigenvalue weighted by Gasteiger charge is -2.25. The van der Waals surface area contributed by atoms with Crippen molar-refractivity contribution >= 4 is 11.8 Å². The fourth-order valence-corrected chi connectivity index (χ4v) is 1.51. The van der Waals surface area contributed by atoms with E-state index < -0.39 is 11.7 Å². The van der Waals surface area contributed by atoms with Gasteiger partial charge < -0.3 is 15.4 Å². The summed E-state index contributed by atoms with van der Waals surface area (Å²) in [6.45, 7) is 5.70. The van der Waals surface area contributed by atoms with Crippen LogP contribution in [-0.2, 0) is 11.3 Å². The Kier molecular flexibility index (Phi) is 4.38. The van der Waals surface area contributed by atoms with Gasteiger partial charge in [-0.15, -0.1) is 0 Å². The fourth-order valence-electron chi connectivity index (χ4n) is 1.51. The number of nitrogens with zero attached hydrogens (tertiary/aromatic N) is 2. The summed E-state index contributed by atoms with van der Waals surface area (Å²) in [6.07, 6.45) is -0.432. The van der Waals surface area contributed by atoms with Crippen molar-refractivity contribution in [3.8, 4) is 6.07 Å². The van der Waals surface area contributed by atoms with Crippen LogP contribution < -0.4 is 5.73 Å². The van der Waals surface area contributed by atoms with Crippen LogP contribution in [0.15, 0.2) is 18.2 Å². The summed E-state index contributed by atoms with van der Waals surface area (Å²) >= 11 is 0. The number of nitrogen functional groups attached to an aromatic ring is 1. The topological polar surface area (TPSA) is 79.4 Å². The monoisotopic (exact) mass is 261 g/mol. The molecule has 0 aliphatic carbocycles. The average Bonchev–Trinajstić information content (AvgIpc) is 2.27. The summed E-state index contributed by atoms with van der Waals surface area (Å²) in [5, 5.41) is 9.02. The number of carbonyl (C=O) groups is 1. The molecule has 1 rings (SSSR count). The van der Waals surface area contributed by atoms with Crippen LogP contribution in [0, 0.1) is 11.3 Å². The predicted octanol–water partition coefficient (Wildman–Crippen LogP) is 2.51. The third kappa shape index (κ3) is 4.51. The molecule has 0 aliphatic heterocycles. The molecule has 0 saturated heterocycles. The summed E-state index contributed by atoms with van der Waals surface area (Å²) in [6, 6.07) is 7.08. The van der Waals surface area contributed by atoms with Crippen molar-refractivity contribution in [3.63, 3.8) is 0 Å². The molecular formula is C14H19N3O2. The van der Waals surface area contributed by atoms with Crippen LogP contribution in [0.2, 0.25) is 0 Å². The zero-order valence-corrected chi connectivity index (χ0v) is 11.7. The number of hydrogen-bond acceptors (Lipinski definition) is 4. The number of carbonyl (C=O) groups excluding carboxylic acids is 1. The van der Waals surface area contributed by atoms with E-state index in [1.54, 1.807) is 46.0 Å². The van der Waals surface area contributed by atoms with Crippen molar-refractivity contribution in [3.05, 3.63) is 29.3 Å². The Bertz CT molecular complexity index is 512. The van der Waals surface area contributed by atoms with Gasteiger partial charge in [0.2, 0.25) is 0 Å². The zero-order valence-electron chi connectivity index (χ0n) is 11.7. The third-order valence-electron chi connectivity index (χ3n) is 2.36. The van der Waals surface area contributed by atoms with E-state index in [0.717, 1.165) is 0 Å². The summed E-state index contributed by atoms with van der Waals surface area (Å²) < 4.78 is 5.25. The van der Waals surface area contributed by atoms with Gasteiger partial charge in [-0.2, -0.15) is 5.26 Å². The van der Waals surface area contributed by atoms with Gasteiger partial charge in [0.25, 0.3) is 0 Å². The number of ether oxygens (including phenoxy) is 1. The molecule has 5 nitrogen and oxygen atoms in total. The molecule has 2 N–H and O–H groups in total. The number of nitrogens with two attached hydrogens (primary N) is 1. The Morgan fingerprint density at radius 2 is 2.11 bits per heavy atom. The lowest BCUT2D eigenvalue weighted by atomic mass is 10.1. The molecule has 1 aromatic rings. The minimum absolute atomic E-state index is 0.281. The molecule has 0 fully saturated rings. The van der Waals surface area contributed by atoms with E-state index in [1.807, 2.05) is 0 Å². The van der Waals surface area contributed by atoms with Gasteiger partial charge >= 0.3 is 6.09 Å². The first-order valence-electron chi connectivity index (χ1n) is 5.95. The summed E-state index contributed by atoms with van der Waals surface area (Å²) in [7, 11) is 1.62. The van der Waals surface area contributed by atoms with Gasteiger partial charge in [-0.05, 0) is 44.5 Å². The second-order valence-corrected chi connectivity index (χ2v) is 5.36. The molecule has 0 bridgehead atoms. The SMILES string of the molecule is CN(Cc1cc(N)ccc1C#N)C(=O)OC(C)(C)C. The highest BCUT2D eigenvalue weighted by Crippen LogP contribution is 2.16. The van der Waals surface area contributed by atoms with Crippen LogP contribution >= 0.6 is 0 Å². The van der Waals surface area contributed by atoms with Crippen molar-refractivity contribution in [2.75, 3.05) is 12.8 Å². The van der Waals surface area contributed by atoms with Crippen LogP contribution in [0.1, 0.15) is 31.9 Å². The first kappa shape index (κ1) is 14.8. The normalized spacial score (nSPS) is 10.7. The third-order valence-corrected chi connectivity index (χ3v) is 2.36. The molecule has 0 atom stereocenters. The van der Waals surface area contributed by atoms with Crippen LogP contribution in [0.25, 0.3) is 0 Å². The Morgan fingerprint density at radius 1 is 1.47 bits per heavy atom. The van der Waals surface area contributed by atoms with E-state index in [9.17, 15) is 4.79 Å². The van der Waals surface area contributed by atoms with Gasteiger partial charge in [0.05, 0.1) is 18.2 Å². The Balaban J connectivity index is 2.83. The maximum atomic E-state index is 11.8. The molecule has 0 radical (unpaired) electrons. The van der Waals surface area contributed by atoms with Crippen molar-refractivity contribution in [2.24, 2.45) is 0 Å². The van der Waals surface area contributed by atoms with Gasteiger partial charge in [0, 0.05) is 12.7 Å². The minimum atomic E-state index is -0.543. The minimum Gasteiger partial charge on any atom is -0.444 e. The fraction of sp³-hybridized carbons (Fsp3) is 0.429. The number of nitriles is 1. The van der Waals surface area contributed by atoms with Gasteiger partial charge in [-0.25, -0.2) is 4.79 Å². The molecule has 0 saturated carbocycles. The van der Waals surface area contributed by atoms with E-state index in [1.165, 1.54) is 4.90 Å². The Morgan fingerprint density at radius 3 is 2.63 bits per heavy atom. The highest BCUT2D eigenvalue weighted by Gasteiger charge is 2.20. The molecule has 19 heavy (non-hydrogen) atoms. The van der Waals surface area contributed by atoms with Crippen LogP contribution in [0.5, 0.6) is 0 Å². The summed E-state index contributed by atoms with van der Waals surface area (Å²) in [5.41, 5.74) is 6.92. The molecular weight excluding hydrogens is 242 g/mol. The highest BCUT2D eigenvalue weighted by molar-refractivity contribution is 5.68.